The summed E-state index contributed by atoms with van der Waals surface area (Å²) in [6, 6.07) is 4.17. The number of amidine groups is 1. The maximum absolute atomic E-state index is 4.78. The number of aliphatic imine (C=N–C) groups is 1. The van der Waals surface area contributed by atoms with E-state index in [1.807, 2.05) is 24.0 Å². The van der Waals surface area contributed by atoms with Crippen molar-refractivity contribution in [1.29, 1.82) is 0 Å². The van der Waals surface area contributed by atoms with E-state index in [9.17, 15) is 0 Å². The molecule has 3 rings (SSSR count). The van der Waals surface area contributed by atoms with Crippen molar-refractivity contribution in [2.75, 3.05) is 12.3 Å². The summed E-state index contributed by atoms with van der Waals surface area (Å²) in [5, 5.41) is 4.58. The zero-order valence-corrected chi connectivity index (χ0v) is 13.0. The Kier molecular flexibility index (Phi) is 4.29. The van der Waals surface area contributed by atoms with Gasteiger partial charge in [-0.15, -0.1) is 0 Å². The molecule has 4 heteroatoms. The highest BCUT2D eigenvalue weighted by Gasteiger charge is 2.36. The molecular weight excluding hydrogens is 266 g/mol. The summed E-state index contributed by atoms with van der Waals surface area (Å²) >= 11 is 1.90. The molecule has 1 N–H and O–H groups in total. The predicted octanol–water partition coefficient (Wildman–Crippen LogP) is 3.40. The lowest BCUT2D eigenvalue weighted by molar-refractivity contribution is 0.358. The molecule has 0 amide bonds. The molecule has 0 bridgehead atoms. The van der Waals surface area contributed by atoms with Gasteiger partial charge in [-0.25, -0.2) is 0 Å². The van der Waals surface area contributed by atoms with Crippen LogP contribution in [0, 0.1) is 5.41 Å². The number of hydrogen-bond acceptors (Lipinski definition) is 4. The zero-order valence-electron chi connectivity index (χ0n) is 12.2. The van der Waals surface area contributed by atoms with Crippen LogP contribution in [0.5, 0.6) is 0 Å². The minimum Gasteiger partial charge on any atom is -0.359 e. The summed E-state index contributed by atoms with van der Waals surface area (Å²) in [5.74, 6) is 1.24. The van der Waals surface area contributed by atoms with Crippen molar-refractivity contribution in [2.45, 2.75) is 45.6 Å². The SMILES string of the molecule is CCc1cccnc1CNC1=NCC2(CCCC2)CS1. The van der Waals surface area contributed by atoms with Gasteiger partial charge in [-0.2, -0.15) is 0 Å². The van der Waals surface area contributed by atoms with Crippen LogP contribution < -0.4 is 5.32 Å². The molecule has 1 aromatic heterocycles. The molecule has 1 aliphatic heterocycles. The van der Waals surface area contributed by atoms with Gasteiger partial charge in [0.2, 0.25) is 0 Å². The monoisotopic (exact) mass is 289 g/mol. The summed E-state index contributed by atoms with van der Waals surface area (Å²) in [6.45, 7) is 3.99. The molecule has 1 spiro atoms. The van der Waals surface area contributed by atoms with Gasteiger partial charge in [-0.1, -0.05) is 37.6 Å². The number of aryl methyl sites for hydroxylation is 1. The third-order valence-corrected chi connectivity index (χ3v) is 5.81. The summed E-state index contributed by atoms with van der Waals surface area (Å²) in [5.41, 5.74) is 3.00. The smallest absolute Gasteiger partial charge is 0.156 e. The number of nitrogens with one attached hydrogen (secondary N) is 1. The van der Waals surface area contributed by atoms with Crippen LogP contribution in [0.4, 0.5) is 0 Å². The van der Waals surface area contributed by atoms with Crippen molar-refractivity contribution >= 4 is 16.9 Å². The molecule has 108 valence electrons. The molecule has 0 saturated heterocycles. The minimum absolute atomic E-state index is 0.523. The van der Waals surface area contributed by atoms with Gasteiger partial charge in [-0.3, -0.25) is 9.98 Å². The first-order valence-corrected chi connectivity index (χ1v) is 8.64. The average Bonchev–Trinajstić information content (AvgIpc) is 2.95. The second kappa shape index (κ2) is 6.17. The van der Waals surface area contributed by atoms with E-state index in [0.717, 1.165) is 30.4 Å². The Balaban J connectivity index is 1.58. The van der Waals surface area contributed by atoms with Gasteiger partial charge in [0.05, 0.1) is 12.2 Å². The van der Waals surface area contributed by atoms with E-state index in [2.05, 4.69) is 23.3 Å². The molecule has 3 nitrogen and oxygen atoms in total. The Morgan fingerprint density at radius 2 is 2.20 bits per heavy atom. The van der Waals surface area contributed by atoms with Crippen LogP contribution in [0.3, 0.4) is 0 Å². The predicted molar refractivity (Wildman–Crippen MR) is 86.1 cm³/mol. The molecule has 1 aliphatic carbocycles. The first-order valence-electron chi connectivity index (χ1n) is 7.65. The second-order valence-electron chi connectivity index (χ2n) is 5.93. The quantitative estimate of drug-likeness (QED) is 0.926. The van der Waals surface area contributed by atoms with E-state index in [-0.39, 0.29) is 0 Å². The van der Waals surface area contributed by atoms with Gasteiger partial charge >= 0.3 is 0 Å². The van der Waals surface area contributed by atoms with Gasteiger partial charge < -0.3 is 5.32 Å². The molecule has 1 aromatic rings. The normalized spacial score (nSPS) is 20.9. The average molecular weight is 289 g/mol. The van der Waals surface area contributed by atoms with E-state index in [0.29, 0.717) is 5.41 Å². The van der Waals surface area contributed by atoms with E-state index >= 15 is 0 Å². The first kappa shape index (κ1) is 13.9. The number of rotatable bonds is 3. The molecule has 0 aromatic carbocycles. The lowest BCUT2D eigenvalue weighted by Crippen LogP contribution is -2.33. The summed E-state index contributed by atoms with van der Waals surface area (Å²) in [6.07, 6.45) is 8.44. The highest BCUT2D eigenvalue weighted by Crippen LogP contribution is 2.43. The summed E-state index contributed by atoms with van der Waals surface area (Å²) < 4.78 is 0. The van der Waals surface area contributed by atoms with Crippen molar-refractivity contribution in [1.82, 2.24) is 10.3 Å². The number of nitrogens with zero attached hydrogens (tertiary/aromatic N) is 2. The Morgan fingerprint density at radius 3 is 2.90 bits per heavy atom. The molecule has 2 heterocycles. The number of thioether (sulfide) groups is 1. The Hall–Kier alpha value is -1.03. The summed E-state index contributed by atoms with van der Waals surface area (Å²) in [7, 11) is 0. The van der Waals surface area contributed by atoms with Gasteiger partial charge in [0.25, 0.3) is 0 Å². The third-order valence-electron chi connectivity index (χ3n) is 4.51. The number of aromatic nitrogens is 1. The lowest BCUT2D eigenvalue weighted by atomic mass is 9.89. The largest absolute Gasteiger partial charge is 0.359 e. The van der Waals surface area contributed by atoms with Crippen LogP contribution in [0.25, 0.3) is 0 Å². The molecule has 0 atom stereocenters. The lowest BCUT2D eigenvalue weighted by Gasteiger charge is -2.31. The van der Waals surface area contributed by atoms with Crippen molar-refractivity contribution in [3.63, 3.8) is 0 Å². The molecule has 0 unspecified atom stereocenters. The highest BCUT2D eigenvalue weighted by atomic mass is 32.2. The Morgan fingerprint density at radius 1 is 1.35 bits per heavy atom. The molecule has 0 radical (unpaired) electrons. The maximum Gasteiger partial charge on any atom is 0.156 e. The zero-order chi connectivity index (χ0) is 13.8. The third kappa shape index (κ3) is 3.00. The van der Waals surface area contributed by atoms with Crippen molar-refractivity contribution in [2.24, 2.45) is 10.4 Å². The Labute approximate surface area is 125 Å². The minimum atomic E-state index is 0.523. The van der Waals surface area contributed by atoms with Crippen molar-refractivity contribution in [3.8, 4) is 0 Å². The number of pyridine rings is 1. The molecule has 1 saturated carbocycles. The maximum atomic E-state index is 4.78. The van der Waals surface area contributed by atoms with Crippen LogP contribution >= 0.6 is 11.8 Å². The van der Waals surface area contributed by atoms with E-state index in [1.165, 1.54) is 37.0 Å². The van der Waals surface area contributed by atoms with Crippen LogP contribution in [-0.2, 0) is 13.0 Å². The highest BCUT2D eigenvalue weighted by molar-refractivity contribution is 8.13. The molecular formula is C16H23N3S. The number of hydrogen-bond donors (Lipinski definition) is 1. The van der Waals surface area contributed by atoms with Gasteiger partial charge in [-0.05, 0) is 36.3 Å². The Bertz CT molecular complexity index is 492. The standard InChI is InChI=1S/C16H23N3S/c1-2-13-6-5-9-17-14(13)10-18-15-19-11-16(12-20-15)7-3-4-8-16/h5-6,9H,2-4,7-8,10-12H2,1H3,(H,18,19). The fraction of sp³-hybridized carbons (Fsp3) is 0.625. The van der Waals surface area contributed by atoms with E-state index < -0.39 is 0 Å². The van der Waals surface area contributed by atoms with Crippen molar-refractivity contribution < 1.29 is 0 Å². The van der Waals surface area contributed by atoms with E-state index in [4.69, 9.17) is 4.99 Å². The second-order valence-corrected chi connectivity index (χ2v) is 6.90. The molecule has 1 fully saturated rings. The summed E-state index contributed by atoms with van der Waals surface area (Å²) in [4.78, 5) is 9.25. The van der Waals surface area contributed by atoms with Crippen LogP contribution in [0.15, 0.2) is 23.3 Å². The van der Waals surface area contributed by atoms with Crippen LogP contribution in [-0.4, -0.2) is 22.4 Å². The molecule has 20 heavy (non-hydrogen) atoms. The van der Waals surface area contributed by atoms with Crippen LogP contribution in [0.2, 0.25) is 0 Å². The van der Waals surface area contributed by atoms with Crippen LogP contribution in [0.1, 0.15) is 43.9 Å². The van der Waals surface area contributed by atoms with E-state index in [1.54, 1.807) is 0 Å². The van der Waals surface area contributed by atoms with Crippen molar-refractivity contribution in [3.05, 3.63) is 29.6 Å². The van der Waals surface area contributed by atoms with Gasteiger partial charge in [0, 0.05) is 18.5 Å². The fourth-order valence-electron chi connectivity index (χ4n) is 3.20. The van der Waals surface area contributed by atoms with Gasteiger partial charge in [0.1, 0.15) is 0 Å². The molecule has 2 aliphatic rings. The fourth-order valence-corrected chi connectivity index (χ4v) is 4.35. The first-order chi connectivity index (χ1) is 9.81. The topological polar surface area (TPSA) is 37.3 Å². The van der Waals surface area contributed by atoms with Gasteiger partial charge in [0.15, 0.2) is 5.17 Å².